The fraction of sp³-hybridized carbons (Fsp3) is 0. The van der Waals surface area contributed by atoms with Crippen LogP contribution in [0.1, 0.15) is 16.7 Å². The summed E-state index contributed by atoms with van der Waals surface area (Å²) in [5.74, 6) is 0.636. The molecule has 1 aliphatic heterocycles. The van der Waals surface area contributed by atoms with E-state index < -0.39 is 0 Å². The molecule has 1 aromatic heterocycles. The highest BCUT2D eigenvalue weighted by molar-refractivity contribution is 6.24. The van der Waals surface area contributed by atoms with Crippen LogP contribution in [0.2, 0.25) is 0 Å². The fourth-order valence-electron chi connectivity index (χ4n) is 6.61. The molecule has 1 aliphatic rings. The van der Waals surface area contributed by atoms with Gasteiger partial charge in [-0.2, -0.15) is 0 Å². The Balaban J connectivity index is 1.27. The van der Waals surface area contributed by atoms with Crippen molar-refractivity contribution in [3.63, 3.8) is 0 Å². The minimum Gasteiger partial charge on any atom is -0.456 e. The van der Waals surface area contributed by atoms with Crippen LogP contribution in [0.25, 0.3) is 60.3 Å². The summed E-state index contributed by atoms with van der Waals surface area (Å²) >= 11 is 0. The summed E-state index contributed by atoms with van der Waals surface area (Å²) in [6, 6.07) is 52.8. The van der Waals surface area contributed by atoms with Crippen LogP contribution in [0, 0.1) is 0 Å². The smallest absolute Gasteiger partial charge is 0.161 e. The Bertz CT molecular complexity index is 2610. The van der Waals surface area contributed by atoms with E-state index in [-0.39, 0.29) is 0 Å². The maximum atomic E-state index is 6.45. The minimum absolute atomic E-state index is 0.636. The molecule has 3 nitrogen and oxygen atoms in total. The largest absolute Gasteiger partial charge is 0.456 e. The summed E-state index contributed by atoms with van der Waals surface area (Å²) in [4.78, 5) is 10.6. The number of furan rings is 1. The number of fused-ring (bicyclic) bond motifs is 5. The van der Waals surface area contributed by atoms with Gasteiger partial charge in [-0.15, -0.1) is 0 Å². The number of amidine groups is 1. The van der Waals surface area contributed by atoms with E-state index in [0.717, 1.165) is 66.6 Å². The maximum Gasteiger partial charge on any atom is 0.161 e. The van der Waals surface area contributed by atoms with Crippen molar-refractivity contribution in [2.24, 2.45) is 9.98 Å². The molecule has 0 N–H and O–H groups in total. The van der Waals surface area contributed by atoms with Gasteiger partial charge in [0.2, 0.25) is 0 Å². The summed E-state index contributed by atoms with van der Waals surface area (Å²) < 4.78 is 6.45. The first-order valence-corrected chi connectivity index (χ1v) is 15.8. The number of nitrogens with zero attached hydrogens (tertiary/aromatic N) is 2. The van der Waals surface area contributed by atoms with Crippen molar-refractivity contribution in [1.29, 1.82) is 0 Å². The first-order valence-electron chi connectivity index (χ1n) is 15.8. The van der Waals surface area contributed by atoms with Crippen LogP contribution in [0.5, 0.6) is 0 Å². The Morgan fingerprint density at radius 1 is 0.447 bits per heavy atom. The molecule has 0 saturated carbocycles. The van der Waals surface area contributed by atoms with E-state index in [9.17, 15) is 0 Å². The zero-order valence-corrected chi connectivity index (χ0v) is 25.5. The van der Waals surface area contributed by atoms with Gasteiger partial charge in [0.25, 0.3) is 0 Å². The predicted octanol–water partition coefficient (Wildman–Crippen LogP) is 11.4. The quantitative estimate of drug-likeness (QED) is 0.198. The van der Waals surface area contributed by atoms with Gasteiger partial charge in [0.1, 0.15) is 11.2 Å². The zero-order valence-electron chi connectivity index (χ0n) is 25.5. The standard InChI is InChI=1S/C44H28N2O/c1-2-13-31(14-3-1)39-20-10-21-40(36-18-8-16-30-12-6-7-17-35(30)36)46-44(45-39)37-19-9-22-42-43(37)38-28-34(25-26-41(38)47-42)33-24-23-29-11-4-5-15-32(29)27-33/h1-28H/b20-10+,21-10?,39-20?,40-21+,45-39+,45-44?,46-40?,46-44-. The third-order valence-electron chi connectivity index (χ3n) is 8.91. The highest BCUT2D eigenvalue weighted by atomic mass is 16.3. The van der Waals surface area contributed by atoms with E-state index in [0.29, 0.717) is 5.84 Å². The SMILES string of the molecule is C1=C/C(c2ccccc2)=N\C(c2cccc3oc4ccc(-c5ccc6ccccc6c5)cc4c23)=N/C(c2cccc3ccccc23)=C/1. The first-order chi connectivity index (χ1) is 23.3. The summed E-state index contributed by atoms with van der Waals surface area (Å²) in [6.07, 6.45) is 6.21. The van der Waals surface area contributed by atoms with Crippen LogP contribution in [0.15, 0.2) is 184 Å². The van der Waals surface area contributed by atoms with Crippen molar-refractivity contribution >= 4 is 60.7 Å². The maximum absolute atomic E-state index is 6.45. The molecule has 0 amide bonds. The molecule has 0 bridgehead atoms. The van der Waals surface area contributed by atoms with Crippen molar-refractivity contribution in [2.45, 2.75) is 0 Å². The normalized spacial score (nSPS) is 17.4. The molecule has 0 aliphatic carbocycles. The molecule has 8 aromatic rings. The molecule has 0 radical (unpaired) electrons. The average Bonchev–Trinajstić information content (AvgIpc) is 3.50. The van der Waals surface area contributed by atoms with Crippen LogP contribution in [0.4, 0.5) is 0 Å². The number of rotatable bonds is 4. The second-order valence-electron chi connectivity index (χ2n) is 11.8. The van der Waals surface area contributed by atoms with Crippen molar-refractivity contribution < 1.29 is 4.42 Å². The van der Waals surface area contributed by atoms with Gasteiger partial charge in [-0.25, -0.2) is 9.98 Å². The Hall–Kier alpha value is -6.32. The predicted molar refractivity (Wildman–Crippen MR) is 197 cm³/mol. The molecule has 47 heavy (non-hydrogen) atoms. The molecule has 7 aromatic carbocycles. The van der Waals surface area contributed by atoms with E-state index in [1.165, 1.54) is 16.2 Å². The molecular formula is C44H28N2O. The van der Waals surface area contributed by atoms with Crippen LogP contribution in [-0.2, 0) is 0 Å². The lowest BCUT2D eigenvalue weighted by molar-refractivity contribution is 0.669. The number of benzene rings is 7. The molecule has 0 saturated heterocycles. The zero-order chi connectivity index (χ0) is 31.2. The van der Waals surface area contributed by atoms with Crippen LogP contribution < -0.4 is 0 Å². The molecule has 0 unspecified atom stereocenters. The minimum atomic E-state index is 0.636. The summed E-state index contributed by atoms with van der Waals surface area (Å²) in [5.41, 5.74) is 8.65. The van der Waals surface area contributed by atoms with Crippen molar-refractivity contribution in [1.82, 2.24) is 0 Å². The van der Waals surface area contributed by atoms with Gasteiger partial charge in [-0.3, -0.25) is 0 Å². The molecule has 0 spiro atoms. The van der Waals surface area contributed by atoms with E-state index in [1.54, 1.807) is 0 Å². The van der Waals surface area contributed by atoms with Gasteiger partial charge < -0.3 is 4.42 Å². The third-order valence-corrected chi connectivity index (χ3v) is 8.91. The molecule has 220 valence electrons. The summed E-state index contributed by atoms with van der Waals surface area (Å²) in [7, 11) is 0. The topological polar surface area (TPSA) is 37.9 Å². The van der Waals surface area contributed by atoms with E-state index in [4.69, 9.17) is 14.4 Å². The lowest BCUT2D eigenvalue weighted by Gasteiger charge is -2.13. The monoisotopic (exact) mass is 600 g/mol. The molecule has 2 heterocycles. The summed E-state index contributed by atoms with van der Waals surface area (Å²) in [6.45, 7) is 0. The van der Waals surface area contributed by atoms with Crippen molar-refractivity contribution in [2.75, 3.05) is 0 Å². The molecular weight excluding hydrogens is 572 g/mol. The number of allylic oxidation sites excluding steroid dienone is 3. The second kappa shape index (κ2) is 11.2. The molecule has 9 rings (SSSR count). The Morgan fingerprint density at radius 2 is 1.17 bits per heavy atom. The van der Waals surface area contributed by atoms with Gasteiger partial charge in [0, 0.05) is 27.5 Å². The van der Waals surface area contributed by atoms with Crippen molar-refractivity contribution in [3.05, 3.63) is 187 Å². The lowest BCUT2D eigenvalue weighted by atomic mass is 9.98. The van der Waals surface area contributed by atoms with Crippen LogP contribution >= 0.6 is 0 Å². The second-order valence-corrected chi connectivity index (χ2v) is 11.8. The van der Waals surface area contributed by atoms with E-state index >= 15 is 0 Å². The van der Waals surface area contributed by atoms with Gasteiger partial charge in [0.15, 0.2) is 5.84 Å². The third kappa shape index (κ3) is 4.86. The van der Waals surface area contributed by atoms with E-state index in [2.05, 4.69) is 133 Å². The van der Waals surface area contributed by atoms with E-state index in [1.807, 2.05) is 36.4 Å². The lowest BCUT2D eigenvalue weighted by Crippen LogP contribution is -2.07. The van der Waals surface area contributed by atoms with Crippen molar-refractivity contribution in [3.8, 4) is 11.1 Å². The average molecular weight is 601 g/mol. The Kier molecular flexibility index (Phi) is 6.46. The number of hydrogen-bond acceptors (Lipinski definition) is 3. The molecule has 0 atom stereocenters. The van der Waals surface area contributed by atoms with Gasteiger partial charge in [-0.05, 0) is 69.1 Å². The highest BCUT2D eigenvalue weighted by Gasteiger charge is 2.18. The molecule has 0 fully saturated rings. The van der Waals surface area contributed by atoms with Gasteiger partial charge in [-0.1, -0.05) is 133 Å². The van der Waals surface area contributed by atoms with Gasteiger partial charge >= 0.3 is 0 Å². The molecule has 3 heteroatoms. The van der Waals surface area contributed by atoms with Crippen LogP contribution in [-0.4, -0.2) is 11.5 Å². The Morgan fingerprint density at radius 3 is 2.09 bits per heavy atom. The number of hydrogen-bond donors (Lipinski definition) is 0. The number of aliphatic imine (C=N–C) groups is 2. The fourth-order valence-corrected chi connectivity index (χ4v) is 6.61. The Labute approximate surface area is 272 Å². The highest BCUT2D eigenvalue weighted by Crippen LogP contribution is 2.37. The first kappa shape index (κ1) is 27.0. The van der Waals surface area contributed by atoms with Crippen LogP contribution in [0.3, 0.4) is 0 Å². The van der Waals surface area contributed by atoms with Gasteiger partial charge in [0.05, 0.1) is 11.4 Å². The summed E-state index contributed by atoms with van der Waals surface area (Å²) in [5, 5.41) is 6.81.